The molecule has 0 radical (unpaired) electrons. The van der Waals surface area contributed by atoms with Crippen molar-refractivity contribution in [2.45, 2.75) is 39.0 Å². The van der Waals surface area contributed by atoms with Gasteiger partial charge in [0.1, 0.15) is 21.9 Å². The van der Waals surface area contributed by atoms with Gasteiger partial charge in [0.15, 0.2) is 0 Å². The summed E-state index contributed by atoms with van der Waals surface area (Å²) in [7, 11) is 0. The maximum Gasteiger partial charge on any atom is 0.324 e. The molecule has 1 aliphatic heterocycles. The van der Waals surface area contributed by atoms with Gasteiger partial charge in [-0.15, -0.1) is 0 Å². The Bertz CT molecular complexity index is 1030. The highest BCUT2D eigenvalue weighted by Crippen LogP contribution is 2.26. The third-order valence-corrected chi connectivity index (χ3v) is 6.06. The van der Waals surface area contributed by atoms with E-state index in [2.05, 4.69) is 9.38 Å². The number of benzene rings is 1. The second-order valence-corrected chi connectivity index (χ2v) is 9.76. The average molecular weight is 444 g/mol. The molecule has 0 amide bonds. The first kappa shape index (κ1) is 22.6. The predicted molar refractivity (Wildman–Crippen MR) is 110 cm³/mol. The van der Waals surface area contributed by atoms with Crippen molar-refractivity contribution in [1.29, 1.82) is 0 Å². The lowest BCUT2D eigenvalue weighted by Crippen LogP contribution is -2.41. The maximum absolute atomic E-state index is 14.3. The van der Waals surface area contributed by atoms with Crippen LogP contribution >= 0.6 is 0 Å². The van der Waals surface area contributed by atoms with Crippen LogP contribution in [-0.4, -0.2) is 50.9 Å². The van der Waals surface area contributed by atoms with Gasteiger partial charge in [-0.1, -0.05) is 4.40 Å². The Labute approximate surface area is 174 Å². The molecule has 164 valence electrons. The smallest absolute Gasteiger partial charge is 0.324 e. The second kappa shape index (κ2) is 8.56. The van der Waals surface area contributed by atoms with Crippen LogP contribution in [0.5, 0.6) is 0 Å². The zero-order chi connectivity index (χ0) is 22.2. The van der Waals surface area contributed by atoms with E-state index < -0.39 is 34.0 Å². The fraction of sp³-hybridized carbons (Fsp3) is 0.526. The number of rotatable bonds is 4. The molecule has 1 fully saturated rings. The number of alkyl halides is 2. The first-order valence-corrected chi connectivity index (χ1v) is 10.5. The number of nitrogens with zero attached hydrogens (tertiary/aromatic N) is 4. The van der Waals surface area contributed by atoms with Gasteiger partial charge in [0.05, 0.1) is 29.8 Å². The number of anilines is 1. The monoisotopic (exact) mass is 444 g/mol. The van der Waals surface area contributed by atoms with Crippen LogP contribution in [0.2, 0.25) is 0 Å². The molecule has 0 bridgehead atoms. The summed E-state index contributed by atoms with van der Waals surface area (Å²) in [5.41, 5.74) is -0.688. The molecule has 0 aliphatic carbocycles. The summed E-state index contributed by atoms with van der Waals surface area (Å²) in [6.07, 6.45) is 0. The van der Waals surface area contributed by atoms with Gasteiger partial charge < -0.3 is 14.2 Å². The first-order chi connectivity index (χ1) is 14.0. The average Bonchev–Trinajstić information content (AvgIpc) is 2.67. The minimum absolute atomic E-state index is 0.0342. The van der Waals surface area contributed by atoms with E-state index >= 15 is 0 Å². The Balaban J connectivity index is 2.28. The quantitative estimate of drug-likeness (QED) is 0.535. The van der Waals surface area contributed by atoms with Crippen molar-refractivity contribution in [2.24, 2.45) is 4.40 Å². The molecule has 2 aromatic rings. The summed E-state index contributed by atoms with van der Waals surface area (Å²) in [4.78, 5) is 18.7. The molecular formula is C19H23F3N4O3S. The highest BCUT2D eigenvalue weighted by atomic mass is 32.2. The van der Waals surface area contributed by atoms with Crippen LogP contribution in [0.4, 0.5) is 19.1 Å². The van der Waals surface area contributed by atoms with Crippen molar-refractivity contribution < 1.29 is 22.5 Å². The molecular weight excluding hydrogens is 421 g/mol. The minimum Gasteiger partial charge on any atom is -0.591 e. The summed E-state index contributed by atoms with van der Waals surface area (Å²) in [6, 6.07) is 1.99. The van der Waals surface area contributed by atoms with Gasteiger partial charge in [-0.2, -0.15) is 8.78 Å². The van der Waals surface area contributed by atoms with Crippen molar-refractivity contribution >= 4 is 33.9 Å². The number of fused-ring (bicyclic) bond motifs is 1. The third-order valence-electron chi connectivity index (χ3n) is 4.57. The molecule has 1 saturated heterocycles. The molecule has 1 aromatic heterocycles. The van der Waals surface area contributed by atoms with E-state index in [0.29, 0.717) is 13.2 Å². The Morgan fingerprint density at radius 3 is 2.50 bits per heavy atom. The number of morpholine rings is 1. The van der Waals surface area contributed by atoms with E-state index in [1.54, 1.807) is 20.8 Å². The molecule has 1 aliphatic rings. The number of aromatic nitrogens is 2. The summed E-state index contributed by atoms with van der Waals surface area (Å²) < 4.78 is 63.2. The number of ether oxygens (including phenoxy) is 1. The van der Waals surface area contributed by atoms with Crippen molar-refractivity contribution in [1.82, 2.24) is 9.55 Å². The van der Waals surface area contributed by atoms with Crippen LogP contribution in [0.1, 0.15) is 39.8 Å². The van der Waals surface area contributed by atoms with Crippen LogP contribution in [0.3, 0.4) is 0 Å². The van der Waals surface area contributed by atoms with E-state index in [9.17, 15) is 22.5 Å². The zero-order valence-electron chi connectivity index (χ0n) is 17.1. The van der Waals surface area contributed by atoms with Crippen LogP contribution in [0.25, 0.3) is 10.9 Å². The molecule has 2 heterocycles. The molecule has 30 heavy (non-hydrogen) atoms. The van der Waals surface area contributed by atoms with Crippen molar-refractivity contribution in [3.05, 3.63) is 33.9 Å². The molecule has 11 heteroatoms. The van der Waals surface area contributed by atoms with E-state index in [-0.39, 0.29) is 45.8 Å². The van der Waals surface area contributed by atoms with E-state index in [4.69, 9.17) is 4.74 Å². The summed E-state index contributed by atoms with van der Waals surface area (Å²) in [5.74, 6) is -1.02. The Morgan fingerprint density at radius 2 is 1.93 bits per heavy atom. The molecule has 0 N–H and O–H groups in total. The SMILES string of the molecule is CC(=N[S+]([O-])C(C)(C)C)c1cc(F)cc2c(=O)n(C(F)F)c(N3CCOCC3)nc12. The Morgan fingerprint density at radius 1 is 1.30 bits per heavy atom. The summed E-state index contributed by atoms with van der Waals surface area (Å²) in [6.45, 7) is 4.75. The lowest BCUT2D eigenvalue weighted by molar-refractivity contribution is 0.0649. The molecule has 0 spiro atoms. The fourth-order valence-corrected chi connectivity index (χ4v) is 3.63. The van der Waals surface area contributed by atoms with Crippen molar-refractivity contribution in [3.8, 4) is 0 Å². The lowest BCUT2D eigenvalue weighted by atomic mass is 10.1. The minimum atomic E-state index is -3.15. The summed E-state index contributed by atoms with van der Waals surface area (Å²) >= 11 is -1.64. The van der Waals surface area contributed by atoms with Crippen molar-refractivity contribution in [2.75, 3.05) is 31.2 Å². The molecule has 1 atom stereocenters. The highest BCUT2D eigenvalue weighted by Gasteiger charge is 2.29. The van der Waals surface area contributed by atoms with E-state index in [0.717, 1.165) is 12.1 Å². The normalized spacial score (nSPS) is 17.1. The number of halogens is 3. The van der Waals surface area contributed by atoms with Gasteiger partial charge in [-0.05, 0) is 39.8 Å². The van der Waals surface area contributed by atoms with Crippen molar-refractivity contribution in [3.63, 3.8) is 0 Å². The van der Waals surface area contributed by atoms with Gasteiger partial charge in [0, 0.05) is 18.7 Å². The van der Waals surface area contributed by atoms with Gasteiger partial charge in [-0.3, -0.25) is 4.79 Å². The second-order valence-electron chi connectivity index (χ2n) is 7.85. The van der Waals surface area contributed by atoms with Gasteiger partial charge >= 0.3 is 6.55 Å². The Kier molecular flexibility index (Phi) is 6.44. The Hall–Kier alpha value is -2.11. The van der Waals surface area contributed by atoms with Crippen LogP contribution in [-0.2, 0) is 16.1 Å². The van der Waals surface area contributed by atoms with Gasteiger partial charge in [0.25, 0.3) is 5.56 Å². The molecule has 7 nitrogen and oxygen atoms in total. The maximum atomic E-state index is 14.3. The summed E-state index contributed by atoms with van der Waals surface area (Å²) in [5, 5.41) is -0.293. The molecule has 3 rings (SSSR count). The standard InChI is InChI=1S/C19H23F3N4O3S/c1-11(24-30(28)19(2,3)4)13-9-12(20)10-14-15(13)23-18(25-5-7-29-8-6-25)26(16(14)27)17(21)22/h9-10,17H,5-8H2,1-4H3. The van der Waals surface area contributed by atoms with Crippen LogP contribution < -0.4 is 10.5 Å². The van der Waals surface area contributed by atoms with Crippen LogP contribution in [0.15, 0.2) is 21.3 Å². The van der Waals surface area contributed by atoms with E-state index in [1.165, 1.54) is 11.8 Å². The number of hydrogen-bond donors (Lipinski definition) is 0. The highest BCUT2D eigenvalue weighted by molar-refractivity contribution is 7.91. The first-order valence-electron chi connectivity index (χ1n) is 9.35. The predicted octanol–water partition coefficient (Wildman–Crippen LogP) is 3.04. The number of hydrogen-bond acceptors (Lipinski definition) is 6. The molecule has 1 unspecified atom stereocenters. The fourth-order valence-electron chi connectivity index (χ4n) is 3.01. The zero-order valence-corrected chi connectivity index (χ0v) is 17.9. The third kappa shape index (κ3) is 4.47. The van der Waals surface area contributed by atoms with E-state index in [1.807, 2.05) is 0 Å². The topological polar surface area (TPSA) is 82.8 Å². The molecule has 1 aromatic carbocycles. The molecule has 0 saturated carbocycles. The largest absolute Gasteiger partial charge is 0.591 e. The lowest BCUT2D eigenvalue weighted by Gasteiger charge is -2.29. The van der Waals surface area contributed by atoms with Crippen LogP contribution in [0, 0.1) is 5.82 Å². The van der Waals surface area contributed by atoms with Gasteiger partial charge in [0.2, 0.25) is 5.95 Å². The van der Waals surface area contributed by atoms with Gasteiger partial charge in [-0.25, -0.2) is 13.9 Å².